The number of aryl methyl sites for hydroxylation is 1. The van der Waals surface area contributed by atoms with E-state index in [1.165, 1.54) is 23.5 Å². The number of thiazole rings is 1. The van der Waals surface area contributed by atoms with Crippen molar-refractivity contribution in [2.24, 2.45) is 0 Å². The lowest BCUT2D eigenvalue weighted by Gasteiger charge is -2.06. The van der Waals surface area contributed by atoms with Gasteiger partial charge in [0.2, 0.25) is 10.0 Å². The number of hydrogen-bond donors (Lipinski definition) is 1. The summed E-state index contributed by atoms with van der Waals surface area (Å²) in [4.78, 5) is 14.5. The molecule has 0 bridgehead atoms. The van der Waals surface area contributed by atoms with Crippen LogP contribution in [0.15, 0.2) is 23.1 Å². The quantitative estimate of drug-likeness (QED) is 0.826. The molecule has 2 aromatic rings. The van der Waals surface area contributed by atoms with Gasteiger partial charge in [0, 0.05) is 0 Å². The highest BCUT2D eigenvalue weighted by Crippen LogP contribution is 2.24. The lowest BCUT2D eigenvalue weighted by atomic mass is 10.3. The summed E-state index contributed by atoms with van der Waals surface area (Å²) in [5, 5.41) is 11.1. The van der Waals surface area contributed by atoms with Crippen molar-refractivity contribution in [2.75, 3.05) is 6.54 Å². The van der Waals surface area contributed by atoms with E-state index in [0.29, 0.717) is 0 Å². The van der Waals surface area contributed by atoms with Crippen molar-refractivity contribution in [3.63, 3.8) is 0 Å². The first kappa shape index (κ1) is 12.9. The maximum Gasteiger partial charge on any atom is 0.240 e. The molecule has 0 atom stereocenters. The van der Waals surface area contributed by atoms with Crippen LogP contribution in [-0.4, -0.2) is 25.9 Å². The summed E-state index contributed by atoms with van der Waals surface area (Å²) in [6.07, 6.45) is 0. The predicted octanol–water partition coefficient (Wildman–Crippen LogP) is -0.367. The van der Waals surface area contributed by atoms with Crippen molar-refractivity contribution in [1.82, 2.24) is 9.71 Å². The molecule has 6 nitrogen and oxygen atoms in total. The maximum atomic E-state index is 11.8. The number of nitrogens with zero attached hydrogens (tertiary/aromatic N) is 1. The fourth-order valence-corrected chi connectivity index (χ4v) is 3.36. The first-order valence-electron chi connectivity index (χ1n) is 4.95. The molecule has 0 radical (unpaired) electrons. The third kappa shape index (κ3) is 2.66. The number of carboxylic acid groups (broad SMARTS) is 1. The van der Waals surface area contributed by atoms with Crippen LogP contribution in [0.3, 0.4) is 0 Å². The van der Waals surface area contributed by atoms with E-state index in [1.807, 2.05) is 11.6 Å². The Morgan fingerprint density at radius 2 is 2.22 bits per heavy atom. The third-order valence-electron chi connectivity index (χ3n) is 2.18. The summed E-state index contributed by atoms with van der Waals surface area (Å²) in [5.74, 6) is -1.48. The van der Waals surface area contributed by atoms with Crippen LogP contribution in [0.2, 0.25) is 0 Å². The highest BCUT2D eigenvalue weighted by molar-refractivity contribution is 7.89. The molecule has 8 heteroatoms. The van der Waals surface area contributed by atoms with Crippen LogP contribution in [-0.2, 0) is 14.8 Å². The zero-order chi connectivity index (χ0) is 13.3. The van der Waals surface area contributed by atoms with E-state index in [1.54, 1.807) is 6.07 Å². The normalized spacial score (nSPS) is 11.8. The van der Waals surface area contributed by atoms with Gasteiger partial charge in [-0.05, 0) is 25.1 Å². The number of carbonyl (C=O) groups excluding carboxylic acids is 1. The smallest absolute Gasteiger partial charge is 0.240 e. The Morgan fingerprint density at radius 1 is 1.50 bits per heavy atom. The van der Waals surface area contributed by atoms with Crippen LogP contribution in [0, 0.1) is 6.92 Å². The van der Waals surface area contributed by atoms with Gasteiger partial charge in [-0.2, -0.15) is 0 Å². The zero-order valence-electron chi connectivity index (χ0n) is 9.34. The van der Waals surface area contributed by atoms with Gasteiger partial charge >= 0.3 is 0 Å². The van der Waals surface area contributed by atoms with Crippen LogP contribution in [0.1, 0.15) is 5.01 Å². The van der Waals surface area contributed by atoms with E-state index in [2.05, 4.69) is 4.98 Å². The summed E-state index contributed by atoms with van der Waals surface area (Å²) < 4.78 is 26.2. The Labute approximate surface area is 107 Å². The summed E-state index contributed by atoms with van der Waals surface area (Å²) >= 11 is 1.37. The number of aliphatic carboxylic acids is 1. The molecule has 0 amide bonds. The molecule has 96 valence electrons. The second kappa shape index (κ2) is 4.63. The minimum absolute atomic E-state index is 0.0138. The molecule has 0 aliphatic carbocycles. The average molecular weight is 285 g/mol. The number of carboxylic acids is 1. The molecule has 0 saturated carbocycles. The Morgan fingerprint density at radius 3 is 2.89 bits per heavy atom. The maximum absolute atomic E-state index is 11.8. The van der Waals surface area contributed by atoms with Gasteiger partial charge in [-0.1, -0.05) is 0 Å². The van der Waals surface area contributed by atoms with Crippen molar-refractivity contribution in [1.29, 1.82) is 0 Å². The van der Waals surface area contributed by atoms with Crippen molar-refractivity contribution in [3.8, 4) is 0 Å². The molecule has 0 aliphatic rings. The minimum Gasteiger partial charge on any atom is -0.549 e. The summed E-state index contributed by atoms with van der Waals surface area (Å²) in [6.45, 7) is 1.08. The fourth-order valence-electron chi connectivity index (χ4n) is 1.42. The minimum atomic E-state index is -3.83. The monoisotopic (exact) mass is 285 g/mol. The molecule has 1 N–H and O–H groups in total. The first-order chi connectivity index (χ1) is 8.38. The average Bonchev–Trinajstić information content (AvgIpc) is 2.65. The van der Waals surface area contributed by atoms with Crippen LogP contribution >= 0.6 is 11.3 Å². The largest absolute Gasteiger partial charge is 0.549 e. The van der Waals surface area contributed by atoms with Crippen LogP contribution in [0.25, 0.3) is 10.2 Å². The number of sulfonamides is 1. The van der Waals surface area contributed by atoms with Crippen LogP contribution < -0.4 is 9.83 Å². The standard InChI is InChI=1S/C10H10N2O4S2/c1-6-12-8-3-2-7(4-9(8)17-6)18(15,16)11-5-10(13)14/h2-4,11H,5H2,1H3,(H,13,14)/p-1. The molecule has 0 aliphatic heterocycles. The molecular formula is C10H9N2O4S2-. The molecule has 2 rings (SSSR count). The van der Waals surface area contributed by atoms with Crippen LogP contribution in [0.4, 0.5) is 0 Å². The van der Waals surface area contributed by atoms with E-state index < -0.39 is 22.5 Å². The Kier molecular flexibility index (Phi) is 3.33. The Bertz CT molecular complexity index is 706. The van der Waals surface area contributed by atoms with E-state index in [4.69, 9.17) is 0 Å². The van der Waals surface area contributed by atoms with Gasteiger partial charge in [0.15, 0.2) is 0 Å². The number of hydrogen-bond acceptors (Lipinski definition) is 6. The lowest BCUT2D eigenvalue weighted by molar-refractivity contribution is -0.303. The van der Waals surface area contributed by atoms with Gasteiger partial charge in [-0.25, -0.2) is 18.1 Å². The van der Waals surface area contributed by atoms with Gasteiger partial charge in [0.25, 0.3) is 0 Å². The number of fused-ring (bicyclic) bond motifs is 1. The highest BCUT2D eigenvalue weighted by atomic mass is 32.2. The van der Waals surface area contributed by atoms with Gasteiger partial charge < -0.3 is 9.90 Å². The molecule has 0 saturated heterocycles. The Balaban J connectivity index is 2.38. The Hall–Kier alpha value is -1.51. The van der Waals surface area contributed by atoms with Crippen molar-refractivity contribution in [3.05, 3.63) is 23.2 Å². The van der Waals surface area contributed by atoms with Gasteiger partial charge in [-0.15, -0.1) is 11.3 Å². The zero-order valence-corrected chi connectivity index (χ0v) is 11.0. The number of benzene rings is 1. The summed E-state index contributed by atoms with van der Waals surface area (Å²) in [6, 6.07) is 4.45. The molecule has 0 spiro atoms. The van der Waals surface area contributed by atoms with Crippen LogP contribution in [0.5, 0.6) is 0 Å². The molecule has 18 heavy (non-hydrogen) atoms. The van der Waals surface area contributed by atoms with E-state index in [0.717, 1.165) is 15.2 Å². The number of aromatic nitrogens is 1. The second-order valence-corrected chi connectivity index (χ2v) is 6.56. The fraction of sp³-hybridized carbons (Fsp3) is 0.200. The molecule has 0 fully saturated rings. The number of carbonyl (C=O) groups is 1. The van der Waals surface area contributed by atoms with Gasteiger partial charge in [0.05, 0.1) is 32.6 Å². The van der Waals surface area contributed by atoms with Crippen molar-refractivity contribution >= 4 is 37.5 Å². The lowest BCUT2D eigenvalue weighted by Crippen LogP contribution is -2.37. The van der Waals surface area contributed by atoms with Gasteiger partial charge in [-0.3, -0.25) is 0 Å². The third-order valence-corrected chi connectivity index (χ3v) is 4.52. The molecule has 1 heterocycles. The van der Waals surface area contributed by atoms with E-state index in [-0.39, 0.29) is 4.90 Å². The highest BCUT2D eigenvalue weighted by Gasteiger charge is 2.14. The van der Waals surface area contributed by atoms with Crippen molar-refractivity contribution < 1.29 is 18.3 Å². The molecule has 0 unspecified atom stereocenters. The summed E-state index contributed by atoms with van der Waals surface area (Å²) in [7, 11) is -3.83. The topological polar surface area (TPSA) is 99.2 Å². The molecular weight excluding hydrogens is 276 g/mol. The molecule has 1 aromatic heterocycles. The predicted molar refractivity (Wildman–Crippen MR) is 64.6 cm³/mol. The van der Waals surface area contributed by atoms with E-state index >= 15 is 0 Å². The number of rotatable bonds is 4. The summed E-state index contributed by atoms with van der Waals surface area (Å²) in [5.41, 5.74) is 0.719. The molecule has 1 aromatic carbocycles. The van der Waals surface area contributed by atoms with Crippen molar-refractivity contribution in [2.45, 2.75) is 11.8 Å². The van der Waals surface area contributed by atoms with E-state index in [9.17, 15) is 18.3 Å². The SMILES string of the molecule is Cc1nc2ccc(S(=O)(=O)NCC(=O)[O-])cc2s1. The first-order valence-corrected chi connectivity index (χ1v) is 7.25. The number of nitrogens with one attached hydrogen (secondary N) is 1. The van der Waals surface area contributed by atoms with Gasteiger partial charge in [0.1, 0.15) is 0 Å². The second-order valence-electron chi connectivity index (χ2n) is 3.56.